The summed E-state index contributed by atoms with van der Waals surface area (Å²) in [4.78, 5) is 7.38. The summed E-state index contributed by atoms with van der Waals surface area (Å²) in [5.74, 6) is 0.541. The molecule has 0 saturated carbocycles. The van der Waals surface area contributed by atoms with Crippen LogP contribution >= 0.6 is 22.7 Å². The number of aliphatic imine (C=N–C) groups is 1. The molecule has 33 heavy (non-hydrogen) atoms. The summed E-state index contributed by atoms with van der Waals surface area (Å²) >= 11 is 3.61. The lowest BCUT2D eigenvalue weighted by molar-refractivity contribution is 1.26. The maximum atomic E-state index is 6.44. The average molecular weight is 465 g/mol. The van der Waals surface area contributed by atoms with Gasteiger partial charge in [0.25, 0.3) is 0 Å². The standard InChI is InChI=1S/C29H24N2S2/c1-3-11-21-22-16-10-14-20(28(22)33-24(21)4-2)18-26-27(23-15-8-9-17-25(23)32-26)31-29(30)19-12-6-5-7-13-19/h3-17H,2,18H2,1H3,(H2,30,31)/b11-3-. The highest BCUT2D eigenvalue weighted by Crippen LogP contribution is 2.42. The smallest absolute Gasteiger partial charge is 0.131 e. The minimum absolute atomic E-state index is 0.541. The van der Waals surface area contributed by atoms with Crippen LogP contribution in [0.25, 0.3) is 32.3 Å². The second-order valence-corrected chi connectivity index (χ2v) is 9.98. The number of fused-ring (bicyclic) bond motifs is 2. The highest BCUT2D eigenvalue weighted by molar-refractivity contribution is 7.20. The third-order valence-corrected chi connectivity index (χ3v) is 8.13. The maximum absolute atomic E-state index is 6.44. The van der Waals surface area contributed by atoms with E-state index in [4.69, 9.17) is 10.7 Å². The molecular formula is C29H24N2S2. The van der Waals surface area contributed by atoms with Crippen LogP contribution in [0, 0.1) is 0 Å². The third-order valence-electron chi connectivity index (χ3n) is 5.68. The van der Waals surface area contributed by atoms with Gasteiger partial charge in [0.15, 0.2) is 0 Å². The van der Waals surface area contributed by atoms with E-state index in [1.54, 1.807) is 11.3 Å². The van der Waals surface area contributed by atoms with Crippen LogP contribution in [0.15, 0.2) is 90.4 Å². The van der Waals surface area contributed by atoms with Crippen molar-refractivity contribution in [1.29, 1.82) is 0 Å². The summed E-state index contributed by atoms with van der Waals surface area (Å²) in [6.07, 6.45) is 7.03. The van der Waals surface area contributed by atoms with E-state index in [0.717, 1.165) is 23.1 Å². The molecular weight excluding hydrogens is 440 g/mol. The van der Waals surface area contributed by atoms with Crippen molar-refractivity contribution in [3.8, 4) is 0 Å². The Morgan fingerprint density at radius 2 is 1.70 bits per heavy atom. The van der Waals surface area contributed by atoms with Gasteiger partial charge in [-0.25, -0.2) is 4.99 Å². The fourth-order valence-corrected chi connectivity index (χ4v) is 6.45. The molecule has 4 heteroatoms. The van der Waals surface area contributed by atoms with Crippen molar-refractivity contribution >= 4 is 66.5 Å². The molecule has 2 aromatic heterocycles. The minimum Gasteiger partial charge on any atom is -0.383 e. The Hall–Kier alpha value is -3.47. The monoisotopic (exact) mass is 464 g/mol. The van der Waals surface area contributed by atoms with Crippen LogP contribution in [0.2, 0.25) is 0 Å². The molecule has 2 nitrogen and oxygen atoms in total. The molecule has 0 saturated heterocycles. The summed E-state index contributed by atoms with van der Waals surface area (Å²) in [6.45, 7) is 6.09. The van der Waals surface area contributed by atoms with E-state index in [1.807, 2.05) is 47.7 Å². The van der Waals surface area contributed by atoms with Gasteiger partial charge in [-0.3, -0.25) is 0 Å². The van der Waals surface area contributed by atoms with E-state index >= 15 is 0 Å². The van der Waals surface area contributed by atoms with Crippen LogP contribution < -0.4 is 5.73 Å². The molecule has 0 fully saturated rings. The van der Waals surface area contributed by atoms with E-state index in [2.05, 4.69) is 68.1 Å². The van der Waals surface area contributed by atoms with Gasteiger partial charge in [-0.05, 0) is 24.1 Å². The zero-order chi connectivity index (χ0) is 22.8. The molecule has 0 unspecified atom stereocenters. The number of amidine groups is 1. The maximum Gasteiger partial charge on any atom is 0.131 e. The summed E-state index contributed by atoms with van der Waals surface area (Å²) in [7, 11) is 0. The predicted octanol–water partition coefficient (Wildman–Crippen LogP) is 8.42. The van der Waals surface area contributed by atoms with E-state index in [9.17, 15) is 0 Å². The molecule has 0 aliphatic heterocycles. The van der Waals surface area contributed by atoms with Crippen LogP contribution in [0.3, 0.4) is 0 Å². The highest BCUT2D eigenvalue weighted by atomic mass is 32.1. The normalized spacial score (nSPS) is 12.2. The first kappa shape index (κ1) is 21.4. The van der Waals surface area contributed by atoms with Crippen molar-refractivity contribution in [3.63, 3.8) is 0 Å². The van der Waals surface area contributed by atoms with Gasteiger partial charge in [0.1, 0.15) is 5.84 Å². The first-order valence-electron chi connectivity index (χ1n) is 10.9. The Kier molecular flexibility index (Phi) is 5.95. The summed E-state index contributed by atoms with van der Waals surface area (Å²) < 4.78 is 2.54. The number of hydrogen-bond donors (Lipinski definition) is 1. The van der Waals surface area contributed by atoms with Gasteiger partial charge in [-0.15, -0.1) is 22.7 Å². The molecule has 0 atom stereocenters. The fourth-order valence-electron chi connectivity index (χ4n) is 4.14. The average Bonchev–Trinajstić information content (AvgIpc) is 3.38. The SMILES string of the molecule is C=Cc1sc2c(Cc3sc4ccccc4c3N=C(N)c3ccccc3)cccc2c1/C=C\C. The Morgan fingerprint density at radius 3 is 2.48 bits per heavy atom. The highest BCUT2D eigenvalue weighted by Gasteiger charge is 2.16. The van der Waals surface area contributed by atoms with Crippen LogP contribution in [-0.4, -0.2) is 5.84 Å². The van der Waals surface area contributed by atoms with Gasteiger partial charge < -0.3 is 5.73 Å². The Morgan fingerprint density at radius 1 is 0.939 bits per heavy atom. The first-order valence-corrected chi connectivity index (χ1v) is 12.5. The summed E-state index contributed by atoms with van der Waals surface area (Å²) in [6, 6.07) is 25.0. The third kappa shape index (κ3) is 4.04. The van der Waals surface area contributed by atoms with Gasteiger partial charge in [0, 0.05) is 41.9 Å². The van der Waals surface area contributed by atoms with Gasteiger partial charge in [0.05, 0.1) is 5.69 Å². The molecule has 0 aliphatic rings. The minimum atomic E-state index is 0.541. The van der Waals surface area contributed by atoms with Crippen molar-refractivity contribution in [2.75, 3.05) is 0 Å². The zero-order valence-corrected chi connectivity index (χ0v) is 20.0. The lowest BCUT2D eigenvalue weighted by atomic mass is 10.0. The van der Waals surface area contributed by atoms with Crippen LogP contribution in [-0.2, 0) is 6.42 Å². The van der Waals surface area contributed by atoms with Gasteiger partial charge in [-0.1, -0.05) is 91.5 Å². The molecule has 5 aromatic rings. The molecule has 0 radical (unpaired) electrons. The first-order chi connectivity index (χ1) is 16.2. The largest absolute Gasteiger partial charge is 0.383 e. The number of hydrogen-bond acceptors (Lipinski definition) is 3. The van der Waals surface area contributed by atoms with Gasteiger partial charge in [0.2, 0.25) is 0 Å². The lowest BCUT2D eigenvalue weighted by Crippen LogP contribution is -2.12. The molecule has 2 N–H and O–H groups in total. The summed E-state index contributed by atoms with van der Waals surface area (Å²) in [5.41, 5.74) is 10.9. The molecule has 2 heterocycles. The van der Waals surface area contributed by atoms with Crippen molar-refractivity contribution in [1.82, 2.24) is 0 Å². The molecule has 162 valence electrons. The number of benzene rings is 3. The van der Waals surface area contributed by atoms with Crippen molar-refractivity contribution < 1.29 is 0 Å². The second-order valence-electron chi connectivity index (χ2n) is 7.79. The van der Waals surface area contributed by atoms with Crippen molar-refractivity contribution in [2.45, 2.75) is 13.3 Å². The van der Waals surface area contributed by atoms with Crippen LogP contribution in [0.5, 0.6) is 0 Å². The fraction of sp³-hybridized carbons (Fsp3) is 0.0690. The molecule has 0 bridgehead atoms. The summed E-state index contributed by atoms with van der Waals surface area (Å²) in [5, 5.41) is 2.43. The van der Waals surface area contributed by atoms with E-state index in [-0.39, 0.29) is 0 Å². The van der Waals surface area contributed by atoms with Gasteiger partial charge in [-0.2, -0.15) is 0 Å². The van der Waals surface area contributed by atoms with E-state index < -0.39 is 0 Å². The lowest BCUT2D eigenvalue weighted by Gasteiger charge is -2.05. The van der Waals surface area contributed by atoms with Crippen LogP contribution in [0.4, 0.5) is 5.69 Å². The number of nitrogens with two attached hydrogens (primary N) is 1. The van der Waals surface area contributed by atoms with Gasteiger partial charge >= 0.3 is 0 Å². The Bertz CT molecular complexity index is 1520. The molecule has 0 amide bonds. The Balaban J connectivity index is 1.66. The number of nitrogens with zero attached hydrogens (tertiary/aromatic N) is 1. The molecule has 3 aromatic carbocycles. The second kappa shape index (κ2) is 9.18. The molecule has 0 spiro atoms. The number of thiophene rings is 2. The zero-order valence-electron chi connectivity index (χ0n) is 18.4. The molecule has 0 aliphatic carbocycles. The number of rotatable bonds is 6. The van der Waals surface area contributed by atoms with Crippen molar-refractivity contribution in [3.05, 3.63) is 112 Å². The van der Waals surface area contributed by atoms with Crippen LogP contribution in [0.1, 0.15) is 33.4 Å². The predicted molar refractivity (Wildman–Crippen MR) is 148 cm³/mol. The van der Waals surface area contributed by atoms with E-state index in [1.165, 1.54) is 35.7 Å². The topological polar surface area (TPSA) is 38.4 Å². The van der Waals surface area contributed by atoms with E-state index in [0.29, 0.717) is 5.84 Å². The Labute approximate surface area is 202 Å². The quantitative estimate of drug-likeness (QED) is 0.199. The number of allylic oxidation sites excluding steroid dienone is 1. The van der Waals surface area contributed by atoms with Crippen molar-refractivity contribution in [2.24, 2.45) is 10.7 Å². The molecule has 5 rings (SSSR count).